The first-order valence-corrected chi connectivity index (χ1v) is 7.36. The van der Waals surface area contributed by atoms with Gasteiger partial charge in [0.2, 0.25) is 0 Å². The van der Waals surface area contributed by atoms with Gasteiger partial charge in [-0.2, -0.15) is 0 Å². The van der Waals surface area contributed by atoms with Crippen molar-refractivity contribution in [3.05, 3.63) is 0 Å². The minimum absolute atomic E-state index is 0.215. The van der Waals surface area contributed by atoms with Gasteiger partial charge in [-0.05, 0) is 40.0 Å². The van der Waals surface area contributed by atoms with E-state index < -0.39 is 5.60 Å². The van der Waals surface area contributed by atoms with Gasteiger partial charge in [0.1, 0.15) is 5.60 Å². The lowest BCUT2D eigenvalue weighted by atomic mass is 10.0. The summed E-state index contributed by atoms with van der Waals surface area (Å²) < 4.78 is 10.4. The van der Waals surface area contributed by atoms with Crippen molar-refractivity contribution >= 4 is 6.09 Å². The molecule has 0 aromatic heterocycles. The maximum Gasteiger partial charge on any atom is 0.407 e. The van der Waals surface area contributed by atoms with E-state index in [9.17, 15) is 4.79 Å². The smallest absolute Gasteiger partial charge is 0.407 e. The van der Waals surface area contributed by atoms with Crippen molar-refractivity contribution < 1.29 is 14.3 Å². The molecule has 0 radical (unpaired) electrons. The van der Waals surface area contributed by atoms with Gasteiger partial charge in [0.15, 0.2) is 0 Å². The van der Waals surface area contributed by atoms with E-state index >= 15 is 0 Å². The SMILES string of the molecule is COCC(C)NC(CNC(=O)OC(C)(C)C)CC(C)C. The van der Waals surface area contributed by atoms with Gasteiger partial charge in [0, 0.05) is 25.7 Å². The molecule has 1 amide bonds. The first-order chi connectivity index (χ1) is 9.14. The molecule has 2 unspecified atom stereocenters. The van der Waals surface area contributed by atoms with Crippen molar-refractivity contribution in [2.45, 2.75) is 65.6 Å². The second-order valence-electron chi connectivity index (χ2n) is 6.73. The molecule has 2 atom stereocenters. The molecule has 0 spiro atoms. The number of methoxy groups -OCH3 is 1. The fourth-order valence-corrected chi connectivity index (χ4v) is 2.00. The zero-order valence-corrected chi connectivity index (χ0v) is 14.1. The largest absolute Gasteiger partial charge is 0.444 e. The summed E-state index contributed by atoms with van der Waals surface area (Å²) in [5.74, 6) is 0.558. The van der Waals surface area contributed by atoms with Crippen molar-refractivity contribution in [3.63, 3.8) is 0 Å². The topological polar surface area (TPSA) is 59.6 Å². The fourth-order valence-electron chi connectivity index (χ4n) is 2.00. The Labute approximate surface area is 123 Å². The van der Waals surface area contributed by atoms with Gasteiger partial charge in [-0.15, -0.1) is 0 Å². The van der Waals surface area contributed by atoms with Crippen LogP contribution < -0.4 is 10.6 Å². The van der Waals surface area contributed by atoms with Crippen LogP contribution in [0.5, 0.6) is 0 Å². The van der Waals surface area contributed by atoms with E-state index in [0.717, 1.165) is 6.42 Å². The molecule has 5 nitrogen and oxygen atoms in total. The summed E-state index contributed by atoms with van der Waals surface area (Å²) in [5, 5.41) is 6.30. The molecule has 0 aromatic carbocycles. The van der Waals surface area contributed by atoms with E-state index in [1.165, 1.54) is 0 Å². The Bertz CT molecular complexity index is 275. The number of ether oxygens (including phenoxy) is 2. The minimum Gasteiger partial charge on any atom is -0.444 e. The Morgan fingerprint density at radius 1 is 1.20 bits per heavy atom. The van der Waals surface area contributed by atoms with E-state index in [2.05, 4.69) is 31.4 Å². The number of hydrogen-bond acceptors (Lipinski definition) is 4. The van der Waals surface area contributed by atoms with Crippen LogP contribution in [0.25, 0.3) is 0 Å². The van der Waals surface area contributed by atoms with Crippen LogP contribution in [0.3, 0.4) is 0 Å². The van der Waals surface area contributed by atoms with Gasteiger partial charge < -0.3 is 20.1 Å². The van der Waals surface area contributed by atoms with Gasteiger partial charge in [-0.3, -0.25) is 0 Å². The summed E-state index contributed by atoms with van der Waals surface area (Å²) in [6.45, 7) is 13.2. The Hall–Kier alpha value is -0.810. The van der Waals surface area contributed by atoms with E-state index in [-0.39, 0.29) is 18.2 Å². The lowest BCUT2D eigenvalue weighted by Crippen LogP contribution is -2.47. The number of hydrogen-bond donors (Lipinski definition) is 2. The Balaban J connectivity index is 4.25. The van der Waals surface area contributed by atoms with Crippen LogP contribution in [0.1, 0.15) is 48.0 Å². The van der Waals surface area contributed by atoms with Gasteiger partial charge in [0.25, 0.3) is 0 Å². The van der Waals surface area contributed by atoms with Crippen LogP contribution in [-0.2, 0) is 9.47 Å². The summed E-state index contributed by atoms with van der Waals surface area (Å²) in [7, 11) is 1.69. The highest BCUT2D eigenvalue weighted by atomic mass is 16.6. The van der Waals surface area contributed by atoms with Gasteiger partial charge in [-0.1, -0.05) is 13.8 Å². The first-order valence-electron chi connectivity index (χ1n) is 7.36. The van der Waals surface area contributed by atoms with E-state index in [0.29, 0.717) is 19.1 Å². The highest BCUT2D eigenvalue weighted by Gasteiger charge is 2.19. The maximum absolute atomic E-state index is 11.7. The van der Waals surface area contributed by atoms with Crippen molar-refractivity contribution in [1.29, 1.82) is 0 Å². The molecule has 5 heteroatoms. The zero-order chi connectivity index (χ0) is 15.8. The highest BCUT2D eigenvalue weighted by Crippen LogP contribution is 2.08. The van der Waals surface area contributed by atoms with Gasteiger partial charge in [-0.25, -0.2) is 4.79 Å². The third-order valence-corrected chi connectivity index (χ3v) is 2.58. The quantitative estimate of drug-likeness (QED) is 0.720. The zero-order valence-electron chi connectivity index (χ0n) is 14.1. The fraction of sp³-hybridized carbons (Fsp3) is 0.933. The van der Waals surface area contributed by atoms with E-state index in [4.69, 9.17) is 9.47 Å². The van der Waals surface area contributed by atoms with Gasteiger partial charge in [0.05, 0.1) is 6.61 Å². The normalized spacial score (nSPS) is 15.0. The van der Waals surface area contributed by atoms with Crippen molar-refractivity contribution in [2.24, 2.45) is 5.92 Å². The molecular formula is C15H32N2O3. The summed E-state index contributed by atoms with van der Waals surface area (Å²) in [6, 6.07) is 0.469. The van der Waals surface area contributed by atoms with Crippen LogP contribution in [0, 0.1) is 5.92 Å². The highest BCUT2D eigenvalue weighted by molar-refractivity contribution is 5.67. The molecule has 0 aromatic rings. The molecule has 0 heterocycles. The van der Waals surface area contributed by atoms with Crippen LogP contribution in [-0.4, -0.2) is 44.0 Å². The molecule has 0 aliphatic heterocycles. The summed E-state index contributed by atoms with van der Waals surface area (Å²) >= 11 is 0. The Morgan fingerprint density at radius 2 is 1.80 bits per heavy atom. The molecule has 0 saturated carbocycles. The first kappa shape index (κ1) is 19.2. The predicted molar refractivity (Wildman–Crippen MR) is 82.0 cm³/mol. The summed E-state index contributed by atoms with van der Waals surface area (Å²) in [6.07, 6.45) is 0.622. The Kier molecular flexibility index (Phi) is 8.81. The van der Waals surface area contributed by atoms with E-state index in [1.54, 1.807) is 7.11 Å². The second-order valence-corrected chi connectivity index (χ2v) is 6.73. The molecule has 2 N–H and O–H groups in total. The average molecular weight is 288 g/mol. The number of carbonyl (C=O) groups excluding carboxylic acids is 1. The van der Waals surface area contributed by atoms with Crippen molar-refractivity contribution in [3.8, 4) is 0 Å². The molecular weight excluding hydrogens is 256 g/mol. The summed E-state index contributed by atoms with van der Waals surface area (Å²) in [4.78, 5) is 11.7. The standard InChI is InChI=1S/C15H32N2O3/c1-11(2)8-13(17-12(3)10-19-7)9-16-14(18)20-15(4,5)6/h11-13,17H,8-10H2,1-7H3,(H,16,18). The number of nitrogens with one attached hydrogen (secondary N) is 2. The monoisotopic (exact) mass is 288 g/mol. The predicted octanol–water partition coefficient (Wildman–Crippen LogP) is 2.55. The average Bonchev–Trinajstić information content (AvgIpc) is 2.23. The van der Waals surface area contributed by atoms with E-state index in [1.807, 2.05) is 20.8 Å². The second kappa shape index (κ2) is 9.19. The van der Waals surface area contributed by atoms with Crippen LogP contribution in [0.15, 0.2) is 0 Å². The number of amides is 1. The molecule has 120 valence electrons. The van der Waals surface area contributed by atoms with Crippen molar-refractivity contribution in [1.82, 2.24) is 10.6 Å². The molecule has 0 aliphatic carbocycles. The third-order valence-electron chi connectivity index (χ3n) is 2.58. The van der Waals surface area contributed by atoms with Gasteiger partial charge >= 0.3 is 6.09 Å². The minimum atomic E-state index is -0.464. The lowest BCUT2D eigenvalue weighted by molar-refractivity contribution is 0.0518. The molecule has 0 aliphatic rings. The molecule has 0 bridgehead atoms. The maximum atomic E-state index is 11.7. The summed E-state index contributed by atoms with van der Waals surface area (Å²) in [5.41, 5.74) is -0.464. The number of rotatable bonds is 8. The molecule has 0 rings (SSSR count). The van der Waals surface area contributed by atoms with Crippen LogP contribution in [0.2, 0.25) is 0 Å². The molecule has 0 fully saturated rings. The van der Waals surface area contributed by atoms with Crippen LogP contribution in [0.4, 0.5) is 4.79 Å². The van der Waals surface area contributed by atoms with Crippen LogP contribution >= 0.6 is 0 Å². The number of carbonyl (C=O) groups is 1. The number of alkyl carbamates (subject to hydrolysis) is 1. The molecule has 20 heavy (non-hydrogen) atoms. The van der Waals surface area contributed by atoms with Crippen molar-refractivity contribution in [2.75, 3.05) is 20.3 Å². The third kappa shape index (κ3) is 11.1. The lowest BCUT2D eigenvalue weighted by Gasteiger charge is -2.26. The molecule has 0 saturated heterocycles. The Morgan fingerprint density at radius 3 is 2.25 bits per heavy atom.